The van der Waals surface area contributed by atoms with Crippen molar-refractivity contribution in [1.82, 2.24) is 20.4 Å². The summed E-state index contributed by atoms with van der Waals surface area (Å²) in [5, 5.41) is 10.7. The summed E-state index contributed by atoms with van der Waals surface area (Å²) < 4.78 is 21.5. The number of rotatable bonds is 6. The minimum Gasteiger partial charge on any atom is -0.490 e. The molecule has 31 heavy (non-hydrogen) atoms. The van der Waals surface area contributed by atoms with E-state index in [1.54, 1.807) is 43.9 Å². The van der Waals surface area contributed by atoms with Gasteiger partial charge in [-0.15, -0.1) is 10.2 Å². The molecule has 1 fully saturated rings. The van der Waals surface area contributed by atoms with Gasteiger partial charge in [0.15, 0.2) is 0 Å². The highest BCUT2D eigenvalue weighted by molar-refractivity contribution is 6.32. The summed E-state index contributed by atoms with van der Waals surface area (Å²) in [4.78, 5) is 25.7. The maximum atomic E-state index is 12.4. The molecule has 1 aliphatic rings. The minimum atomic E-state index is -0.564. The Hall–Kier alpha value is -2.85. The van der Waals surface area contributed by atoms with Gasteiger partial charge in [0, 0.05) is 18.7 Å². The molecule has 11 heteroatoms. The fraction of sp³-hybridized carbons (Fsp3) is 0.500. The van der Waals surface area contributed by atoms with Crippen LogP contribution in [-0.4, -0.2) is 72.2 Å². The third-order valence-corrected chi connectivity index (χ3v) is 4.41. The van der Waals surface area contributed by atoms with Crippen LogP contribution in [0.2, 0.25) is 5.02 Å². The number of aromatic nitrogens is 2. The second kappa shape index (κ2) is 9.97. The van der Waals surface area contributed by atoms with Crippen LogP contribution in [0, 0.1) is 0 Å². The molecule has 2 heterocycles. The van der Waals surface area contributed by atoms with Gasteiger partial charge in [-0.25, -0.2) is 4.79 Å². The average molecular weight is 453 g/mol. The van der Waals surface area contributed by atoms with Gasteiger partial charge in [-0.3, -0.25) is 4.79 Å². The average Bonchev–Trinajstić information content (AvgIpc) is 3.21. The smallest absolute Gasteiger partial charge is 0.407 e. The van der Waals surface area contributed by atoms with E-state index in [4.69, 9.17) is 30.2 Å². The number of alkyl carbamates (subject to hydrolysis) is 1. The molecule has 10 nitrogen and oxygen atoms in total. The van der Waals surface area contributed by atoms with Crippen molar-refractivity contribution in [2.45, 2.75) is 26.4 Å². The predicted molar refractivity (Wildman–Crippen MR) is 111 cm³/mol. The van der Waals surface area contributed by atoms with E-state index < -0.39 is 11.7 Å². The second-order valence-corrected chi connectivity index (χ2v) is 8.15. The van der Waals surface area contributed by atoms with Gasteiger partial charge in [-0.05, 0) is 39.0 Å². The summed E-state index contributed by atoms with van der Waals surface area (Å²) in [6.45, 7) is 7.75. The maximum absolute atomic E-state index is 12.4. The Bertz CT molecular complexity index is 921. The first kappa shape index (κ1) is 22.8. The van der Waals surface area contributed by atoms with E-state index in [0.29, 0.717) is 42.6 Å². The third-order valence-electron chi connectivity index (χ3n) is 4.11. The van der Waals surface area contributed by atoms with Gasteiger partial charge in [-0.2, -0.15) is 0 Å². The van der Waals surface area contributed by atoms with E-state index in [2.05, 4.69) is 15.5 Å². The van der Waals surface area contributed by atoms with Crippen LogP contribution >= 0.6 is 11.6 Å². The van der Waals surface area contributed by atoms with Crippen molar-refractivity contribution in [2.75, 3.05) is 39.5 Å². The van der Waals surface area contributed by atoms with E-state index in [1.807, 2.05) is 0 Å². The molecule has 2 aromatic rings. The van der Waals surface area contributed by atoms with E-state index >= 15 is 0 Å². The molecule has 0 aliphatic carbocycles. The molecule has 0 radical (unpaired) electrons. The lowest BCUT2D eigenvalue weighted by molar-refractivity contribution is 0.0278. The first-order valence-corrected chi connectivity index (χ1v) is 10.2. The van der Waals surface area contributed by atoms with Gasteiger partial charge in [-0.1, -0.05) is 11.6 Å². The van der Waals surface area contributed by atoms with Crippen molar-refractivity contribution in [3.63, 3.8) is 0 Å². The summed E-state index contributed by atoms with van der Waals surface area (Å²) in [6.07, 6.45) is -0.517. The molecular formula is C20H25ClN4O6. The highest BCUT2D eigenvalue weighted by atomic mass is 35.5. The van der Waals surface area contributed by atoms with E-state index in [0.717, 1.165) is 0 Å². The number of carbonyl (C=O) groups is 2. The molecule has 1 saturated heterocycles. The van der Waals surface area contributed by atoms with Crippen molar-refractivity contribution in [3.8, 4) is 17.2 Å². The number of morpholine rings is 1. The Morgan fingerprint density at radius 2 is 1.97 bits per heavy atom. The SMILES string of the molecule is CC(C)(C)OC(=O)NCCOc1ccc(-c2nnc(C(=O)N3CCOCC3)o2)cc1Cl. The van der Waals surface area contributed by atoms with E-state index in [-0.39, 0.29) is 30.8 Å². The molecule has 1 aliphatic heterocycles. The first-order valence-electron chi connectivity index (χ1n) is 9.83. The van der Waals surface area contributed by atoms with Crippen molar-refractivity contribution in [2.24, 2.45) is 0 Å². The molecule has 0 spiro atoms. The van der Waals surface area contributed by atoms with Crippen LogP contribution < -0.4 is 10.1 Å². The highest BCUT2D eigenvalue weighted by Crippen LogP contribution is 2.30. The summed E-state index contributed by atoms with van der Waals surface area (Å²) >= 11 is 6.28. The Kier molecular flexibility index (Phi) is 7.34. The van der Waals surface area contributed by atoms with E-state index in [1.165, 1.54) is 0 Å². The third kappa shape index (κ3) is 6.56. The zero-order chi connectivity index (χ0) is 22.4. The highest BCUT2D eigenvalue weighted by Gasteiger charge is 2.24. The molecule has 0 saturated carbocycles. The number of nitrogens with zero attached hydrogens (tertiary/aromatic N) is 3. The van der Waals surface area contributed by atoms with Crippen molar-refractivity contribution >= 4 is 23.6 Å². The molecule has 0 unspecified atom stereocenters. The topological polar surface area (TPSA) is 116 Å². The number of amides is 2. The van der Waals surface area contributed by atoms with Crippen LogP contribution in [0.4, 0.5) is 4.79 Å². The molecular weight excluding hydrogens is 428 g/mol. The van der Waals surface area contributed by atoms with E-state index in [9.17, 15) is 9.59 Å². The Balaban J connectivity index is 1.54. The van der Waals surface area contributed by atoms with Crippen molar-refractivity contribution in [1.29, 1.82) is 0 Å². The largest absolute Gasteiger partial charge is 0.490 e. The van der Waals surface area contributed by atoms with Crippen LogP contribution in [-0.2, 0) is 9.47 Å². The molecule has 1 aromatic heterocycles. The minimum absolute atomic E-state index is 0.0819. The summed E-state index contributed by atoms with van der Waals surface area (Å²) in [6, 6.07) is 4.95. The lowest BCUT2D eigenvalue weighted by Crippen LogP contribution is -2.40. The number of hydrogen-bond acceptors (Lipinski definition) is 8. The number of ether oxygens (including phenoxy) is 3. The zero-order valence-corrected chi connectivity index (χ0v) is 18.4. The van der Waals surface area contributed by atoms with Gasteiger partial charge < -0.3 is 28.8 Å². The molecule has 2 amide bonds. The van der Waals surface area contributed by atoms with Gasteiger partial charge in [0.2, 0.25) is 5.89 Å². The van der Waals surface area contributed by atoms with Crippen LogP contribution in [0.1, 0.15) is 31.5 Å². The molecule has 1 N–H and O–H groups in total. The fourth-order valence-electron chi connectivity index (χ4n) is 2.71. The van der Waals surface area contributed by atoms with Crippen LogP contribution in [0.5, 0.6) is 5.75 Å². The molecule has 3 rings (SSSR count). The van der Waals surface area contributed by atoms with Gasteiger partial charge >= 0.3 is 17.9 Å². The van der Waals surface area contributed by atoms with Crippen molar-refractivity contribution in [3.05, 3.63) is 29.1 Å². The standard InChI is InChI=1S/C20H25ClN4O6/c1-20(2,3)31-19(27)22-6-9-29-15-5-4-13(12-14(15)21)16-23-24-17(30-16)18(26)25-7-10-28-11-8-25/h4-5,12H,6-11H2,1-3H3,(H,22,27). The Morgan fingerprint density at radius 1 is 1.23 bits per heavy atom. The monoisotopic (exact) mass is 452 g/mol. The number of carbonyl (C=O) groups excluding carboxylic acids is 2. The summed E-state index contributed by atoms with van der Waals surface area (Å²) in [5.74, 6) is 0.198. The predicted octanol–water partition coefficient (Wildman–Crippen LogP) is 2.77. The summed E-state index contributed by atoms with van der Waals surface area (Å²) in [7, 11) is 0. The normalized spacial score (nSPS) is 14.3. The van der Waals surface area contributed by atoms with Crippen LogP contribution in [0.3, 0.4) is 0 Å². The molecule has 0 bridgehead atoms. The zero-order valence-electron chi connectivity index (χ0n) is 17.6. The lowest BCUT2D eigenvalue weighted by Gasteiger charge is -2.25. The van der Waals surface area contributed by atoms with Crippen LogP contribution in [0.15, 0.2) is 22.6 Å². The van der Waals surface area contributed by atoms with Gasteiger partial charge in [0.05, 0.1) is 24.8 Å². The maximum Gasteiger partial charge on any atom is 0.407 e. The number of nitrogens with one attached hydrogen (secondary N) is 1. The van der Waals surface area contributed by atoms with Gasteiger partial charge in [0.25, 0.3) is 0 Å². The first-order chi connectivity index (χ1) is 14.7. The summed E-state index contributed by atoms with van der Waals surface area (Å²) in [5.41, 5.74) is -0.0105. The molecule has 1 aromatic carbocycles. The fourth-order valence-corrected chi connectivity index (χ4v) is 2.94. The molecule has 0 atom stereocenters. The number of halogens is 1. The van der Waals surface area contributed by atoms with Crippen LogP contribution in [0.25, 0.3) is 11.5 Å². The molecule has 168 valence electrons. The quantitative estimate of drug-likeness (QED) is 0.665. The lowest BCUT2D eigenvalue weighted by atomic mass is 10.2. The van der Waals surface area contributed by atoms with Crippen molar-refractivity contribution < 1.29 is 28.2 Å². The van der Waals surface area contributed by atoms with Gasteiger partial charge in [0.1, 0.15) is 18.0 Å². The Morgan fingerprint density at radius 3 is 2.65 bits per heavy atom. The number of hydrogen-bond donors (Lipinski definition) is 1. The number of benzene rings is 1. The Labute approximate surface area is 184 Å². The second-order valence-electron chi connectivity index (χ2n) is 7.74.